The van der Waals surface area contributed by atoms with Crippen LogP contribution in [0.25, 0.3) is 0 Å². The van der Waals surface area contributed by atoms with E-state index in [2.05, 4.69) is 5.32 Å². The van der Waals surface area contributed by atoms with E-state index < -0.39 is 22.3 Å². The second kappa shape index (κ2) is 8.60. The summed E-state index contributed by atoms with van der Waals surface area (Å²) in [6.45, 7) is 0.887. The Morgan fingerprint density at radius 1 is 1.21 bits per heavy atom. The van der Waals surface area contributed by atoms with Crippen molar-refractivity contribution in [2.75, 3.05) is 18.4 Å². The molecule has 0 saturated carbocycles. The number of likely N-dealkylation sites (tertiary alicyclic amines) is 1. The number of amides is 2. The van der Waals surface area contributed by atoms with E-state index in [0.29, 0.717) is 25.9 Å². The Labute approximate surface area is 161 Å². The summed E-state index contributed by atoms with van der Waals surface area (Å²) in [5, 5.41) is 13.4. The Bertz CT molecular complexity index is 888. The van der Waals surface area contributed by atoms with Crippen LogP contribution in [0.3, 0.4) is 0 Å². The van der Waals surface area contributed by atoms with Crippen LogP contribution in [-0.4, -0.2) is 34.7 Å². The number of rotatable bonds is 5. The molecule has 1 fully saturated rings. The lowest BCUT2D eigenvalue weighted by atomic mass is 9.96. The highest BCUT2D eigenvalue weighted by Crippen LogP contribution is 2.24. The summed E-state index contributed by atoms with van der Waals surface area (Å²) in [4.78, 5) is 36.8. The molecule has 2 amide bonds. The number of anilines is 1. The molecule has 0 spiro atoms. The lowest BCUT2D eigenvalue weighted by Crippen LogP contribution is -2.44. The fourth-order valence-corrected chi connectivity index (χ4v) is 3.27. The molecule has 0 aromatic heterocycles. The number of carbonyl (C=O) groups is 2. The highest BCUT2D eigenvalue weighted by atomic mass is 19.1. The fourth-order valence-electron chi connectivity index (χ4n) is 3.27. The zero-order valence-electron chi connectivity index (χ0n) is 15.1. The van der Waals surface area contributed by atoms with Crippen LogP contribution in [0.5, 0.6) is 0 Å². The first-order valence-electron chi connectivity index (χ1n) is 9.00. The van der Waals surface area contributed by atoms with Gasteiger partial charge in [0.2, 0.25) is 17.6 Å². The molecule has 1 atom stereocenters. The summed E-state index contributed by atoms with van der Waals surface area (Å²) >= 11 is 0. The van der Waals surface area contributed by atoms with Crippen molar-refractivity contribution in [3.63, 3.8) is 0 Å². The van der Waals surface area contributed by atoms with Gasteiger partial charge >= 0.3 is 5.69 Å². The van der Waals surface area contributed by atoms with Crippen LogP contribution in [0.4, 0.5) is 15.8 Å². The van der Waals surface area contributed by atoms with Crippen molar-refractivity contribution < 1.29 is 18.9 Å². The van der Waals surface area contributed by atoms with Gasteiger partial charge in [-0.15, -0.1) is 0 Å². The van der Waals surface area contributed by atoms with Crippen LogP contribution in [0.15, 0.2) is 48.5 Å². The Hall–Kier alpha value is -3.29. The molecule has 7 nitrogen and oxygen atoms in total. The van der Waals surface area contributed by atoms with Gasteiger partial charge in [0.05, 0.1) is 17.3 Å². The van der Waals surface area contributed by atoms with Gasteiger partial charge in [0.1, 0.15) is 0 Å². The first-order valence-corrected chi connectivity index (χ1v) is 9.00. The van der Waals surface area contributed by atoms with Crippen molar-refractivity contribution in [2.24, 2.45) is 5.92 Å². The molecule has 0 bridgehead atoms. The highest BCUT2D eigenvalue weighted by molar-refractivity contribution is 5.93. The van der Waals surface area contributed by atoms with Crippen LogP contribution in [-0.2, 0) is 16.0 Å². The monoisotopic (exact) mass is 385 g/mol. The van der Waals surface area contributed by atoms with Gasteiger partial charge in [0.25, 0.3) is 0 Å². The summed E-state index contributed by atoms with van der Waals surface area (Å²) in [6.07, 6.45) is 1.59. The number of piperidine rings is 1. The van der Waals surface area contributed by atoms with E-state index in [9.17, 15) is 24.1 Å². The zero-order valence-corrected chi connectivity index (χ0v) is 15.1. The molecule has 1 N–H and O–H groups in total. The van der Waals surface area contributed by atoms with Crippen molar-refractivity contribution in [3.05, 3.63) is 70.0 Å². The van der Waals surface area contributed by atoms with Gasteiger partial charge in [-0.25, -0.2) is 0 Å². The molecule has 1 heterocycles. The van der Waals surface area contributed by atoms with Crippen LogP contribution in [0.2, 0.25) is 0 Å². The van der Waals surface area contributed by atoms with Gasteiger partial charge < -0.3 is 10.2 Å². The van der Waals surface area contributed by atoms with E-state index in [1.54, 1.807) is 4.90 Å². The Morgan fingerprint density at radius 2 is 1.96 bits per heavy atom. The summed E-state index contributed by atoms with van der Waals surface area (Å²) in [6, 6.07) is 12.6. The Kier molecular flexibility index (Phi) is 5.98. The summed E-state index contributed by atoms with van der Waals surface area (Å²) in [7, 11) is 0. The molecule has 146 valence electrons. The van der Waals surface area contributed by atoms with E-state index in [1.807, 2.05) is 30.3 Å². The van der Waals surface area contributed by atoms with Crippen molar-refractivity contribution in [3.8, 4) is 0 Å². The smallest absolute Gasteiger partial charge is 0.306 e. The summed E-state index contributed by atoms with van der Waals surface area (Å²) < 4.78 is 13.4. The minimum atomic E-state index is -0.960. The topological polar surface area (TPSA) is 92.5 Å². The van der Waals surface area contributed by atoms with E-state index in [-0.39, 0.29) is 23.9 Å². The Balaban J connectivity index is 1.62. The number of nitrogens with one attached hydrogen (secondary N) is 1. The number of nitro benzene ring substituents is 1. The fraction of sp³-hybridized carbons (Fsp3) is 0.300. The third kappa shape index (κ3) is 4.70. The average Bonchev–Trinajstić information content (AvgIpc) is 2.70. The SMILES string of the molecule is O=C(Nc1ccc(F)c([N+](=O)[O-])c1)C1CCCN(C(=O)Cc2ccccc2)C1. The number of hydrogen-bond donors (Lipinski definition) is 1. The molecule has 1 unspecified atom stereocenters. The average molecular weight is 385 g/mol. The lowest BCUT2D eigenvalue weighted by Gasteiger charge is -2.32. The highest BCUT2D eigenvalue weighted by Gasteiger charge is 2.28. The molecule has 1 aliphatic heterocycles. The van der Waals surface area contributed by atoms with Crippen molar-refractivity contribution in [1.29, 1.82) is 0 Å². The molecule has 2 aromatic rings. The number of benzene rings is 2. The number of nitro groups is 1. The van der Waals surface area contributed by atoms with Crippen LogP contribution >= 0.6 is 0 Å². The van der Waals surface area contributed by atoms with Crippen LogP contribution < -0.4 is 5.32 Å². The van der Waals surface area contributed by atoms with Crippen LogP contribution in [0.1, 0.15) is 18.4 Å². The van der Waals surface area contributed by atoms with Crippen molar-refractivity contribution in [2.45, 2.75) is 19.3 Å². The third-order valence-electron chi connectivity index (χ3n) is 4.75. The second-order valence-electron chi connectivity index (χ2n) is 6.75. The van der Waals surface area contributed by atoms with E-state index in [0.717, 1.165) is 17.7 Å². The molecule has 1 saturated heterocycles. The minimum absolute atomic E-state index is 0.0406. The molecule has 2 aromatic carbocycles. The maximum absolute atomic E-state index is 13.4. The third-order valence-corrected chi connectivity index (χ3v) is 4.75. The molecule has 0 radical (unpaired) electrons. The Morgan fingerprint density at radius 3 is 2.68 bits per heavy atom. The number of carbonyl (C=O) groups excluding carboxylic acids is 2. The van der Waals surface area contributed by atoms with Gasteiger partial charge in [-0.05, 0) is 30.5 Å². The quantitative estimate of drug-likeness (QED) is 0.632. The van der Waals surface area contributed by atoms with Gasteiger partial charge in [0, 0.05) is 24.8 Å². The summed E-state index contributed by atoms with van der Waals surface area (Å²) in [5.74, 6) is -1.75. The van der Waals surface area contributed by atoms with Gasteiger partial charge in [0.15, 0.2) is 0 Å². The number of nitrogens with zero attached hydrogens (tertiary/aromatic N) is 2. The maximum Gasteiger partial charge on any atom is 0.306 e. The van der Waals surface area contributed by atoms with Crippen molar-refractivity contribution in [1.82, 2.24) is 4.90 Å². The maximum atomic E-state index is 13.4. The van der Waals surface area contributed by atoms with Gasteiger partial charge in [-0.1, -0.05) is 30.3 Å². The van der Waals surface area contributed by atoms with E-state index >= 15 is 0 Å². The number of halogens is 1. The van der Waals surface area contributed by atoms with Crippen molar-refractivity contribution >= 4 is 23.2 Å². The van der Waals surface area contributed by atoms with Gasteiger partial charge in [-0.2, -0.15) is 4.39 Å². The standard InChI is InChI=1S/C20H20FN3O4/c21-17-9-8-16(12-18(17)24(27)28)22-20(26)15-7-4-10-23(13-15)19(25)11-14-5-2-1-3-6-14/h1-3,5-6,8-9,12,15H,4,7,10-11,13H2,(H,22,26). The molecule has 8 heteroatoms. The van der Waals surface area contributed by atoms with Gasteiger partial charge in [-0.3, -0.25) is 19.7 Å². The zero-order chi connectivity index (χ0) is 20.1. The van der Waals surface area contributed by atoms with E-state index in [4.69, 9.17) is 0 Å². The second-order valence-corrected chi connectivity index (χ2v) is 6.75. The van der Waals surface area contributed by atoms with Crippen LogP contribution in [0, 0.1) is 21.8 Å². The molecule has 28 heavy (non-hydrogen) atoms. The predicted octanol–water partition coefficient (Wildman–Crippen LogP) is 3.15. The largest absolute Gasteiger partial charge is 0.342 e. The lowest BCUT2D eigenvalue weighted by molar-refractivity contribution is -0.387. The molecular formula is C20H20FN3O4. The molecule has 0 aliphatic carbocycles. The molecule has 3 rings (SSSR count). The molecule has 1 aliphatic rings. The first-order chi connectivity index (χ1) is 13.4. The first kappa shape index (κ1) is 19.5. The van der Waals surface area contributed by atoms with E-state index in [1.165, 1.54) is 6.07 Å². The predicted molar refractivity (Wildman–Crippen MR) is 101 cm³/mol. The molecular weight excluding hydrogens is 365 g/mol. The number of hydrogen-bond acceptors (Lipinski definition) is 4. The summed E-state index contributed by atoms with van der Waals surface area (Å²) in [5.41, 5.74) is 0.379. The minimum Gasteiger partial charge on any atom is -0.342 e. The normalized spacial score (nSPS) is 16.5.